The van der Waals surface area contributed by atoms with Crippen molar-refractivity contribution < 1.29 is 4.74 Å². The second-order valence-electron chi connectivity index (χ2n) is 7.96. The molecule has 0 spiro atoms. The van der Waals surface area contributed by atoms with Gasteiger partial charge in [-0.25, -0.2) is 0 Å². The van der Waals surface area contributed by atoms with E-state index in [0.717, 1.165) is 17.8 Å². The van der Waals surface area contributed by atoms with Gasteiger partial charge in [-0.2, -0.15) is 0 Å². The Hall–Kier alpha value is 0.690. The third-order valence-corrected chi connectivity index (χ3v) is 7.80. The minimum atomic E-state index is 0.179. The summed E-state index contributed by atoms with van der Waals surface area (Å²) in [5.41, 5.74) is 0.565. The number of hydrogen-bond donors (Lipinski definition) is 0. The Kier molecular flexibility index (Phi) is 3.97. The first kappa shape index (κ1) is 14.6. The van der Waals surface area contributed by atoms with Gasteiger partial charge in [-0.05, 0) is 55.3 Å². The molecule has 0 amide bonds. The standard InChI is InChI=1S/C17H29IO/c1-12-5-4-6-15(9-12)19-17(11-18)14-8-7-13(10-14)16(17,2)3/h12-15H,4-11H2,1-3H3. The highest BCUT2D eigenvalue weighted by Gasteiger charge is 2.63. The average molecular weight is 376 g/mol. The summed E-state index contributed by atoms with van der Waals surface area (Å²) in [5, 5.41) is 0. The van der Waals surface area contributed by atoms with E-state index in [1.165, 1.54) is 49.4 Å². The summed E-state index contributed by atoms with van der Waals surface area (Å²) in [5.74, 6) is 2.61. The molecule has 3 aliphatic carbocycles. The molecule has 19 heavy (non-hydrogen) atoms. The summed E-state index contributed by atoms with van der Waals surface area (Å²) in [4.78, 5) is 0. The van der Waals surface area contributed by atoms with E-state index in [-0.39, 0.29) is 5.60 Å². The number of alkyl halides is 1. The maximum absolute atomic E-state index is 6.90. The molecule has 0 radical (unpaired) electrons. The van der Waals surface area contributed by atoms with Crippen molar-refractivity contribution >= 4 is 22.6 Å². The lowest BCUT2D eigenvalue weighted by molar-refractivity contribution is -0.178. The molecular weight excluding hydrogens is 347 g/mol. The number of hydrogen-bond acceptors (Lipinski definition) is 1. The average Bonchev–Trinajstić information content (AvgIpc) is 2.91. The maximum atomic E-state index is 6.90. The van der Waals surface area contributed by atoms with Crippen LogP contribution in [-0.2, 0) is 4.74 Å². The molecule has 2 bridgehead atoms. The third kappa shape index (κ3) is 2.20. The zero-order chi connectivity index (χ0) is 13.7. The van der Waals surface area contributed by atoms with Crippen LogP contribution >= 0.6 is 22.6 Å². The lowest BCUT2D eigenvalue weighted by atomic mass is 9.66. The summed E-state index contributed by atoms with van der Waals surface area (Å²) in [6.07, 6.45) is 10.2. The van der Waals surface area contributed by atoms with E-state index in [1.54, 1.807) is 0 Å². The minimum Gasteiger partial charge on any atom is -0.370 e. The van der Waals surface area contributed by atoms with Crippen LogP contribution in [0.5, 0.6) is 0 Å². The van der Waals surface area contributed by atoms with Gasteiger partial charge in [0, 0.05) is 4.43 Å². The second kappa shape index (κ2) is 5.15. The van der Waals surface area contributed by atoms with Crippen LogP contribution in [0.25, 0.3) is 0 Å². The van der Waals surface area contributed by atoms with Crippen molar-refractivity contribution in [1.82, 2.24) is 0 Å². The van der Waals surface area contributed by atoms with Crippen LogP contribution in [0.2, 0.25) is 0 Å². The SMILES string of the molecule is CC1CCCC(OC2(CI)C3CCC(C3)C2(C)C)C1. The van der Waals surface area contributed by atoms with Crippen LogP contribution in [0.15, 0.2) is 0 Å². The summed E-state index contributed by atoms with van der Waals surface area (Å²) in [6, 6.07) is 0. The molecule has 2 heteroatoms. The Morgan fingerprint density at radius 3 is 2.37 bits per heavy atom. The van der Waals surface area contributed by atoms with E-state index in [2.05, 4.69) is 43.4 Å². The van der Waals surface area contributed by atoms with Gasteiger partial charge in [0.2, 0.25) is 0 Å². The highest BCUT2D eigenvalue weighted by atomic mass is 127. The zero-order valence-electron chi connectivity index (χ0n) is 12.8. The quantitative estimate of drug-likeness (QED) is 0.485. The Morgan fingerprint density at radius 1 is 1.05 bits per heavy atom. The van der Waals surface area contributed by atoms with E-state index in [9.17, 15) is 0 Å². The van der Waals surface area contributed by atoms with Gasteiger partial charge in [-0.1, -0.05) is 56.2 Å². The maximum Gasteiger partial charge on any atom is 0.0856 e. The molecule has 3 saturated carbocycles. The van der Waals surface area contributed by atoms with Gasteiger partial charge < -0.3 is 4.74 Å². The topological polar surface area (TPSA) is 9.23 Å². The lowest BCUT2D eigenvalue weighted by Gasteiger charge is -2.51. The smallest absolute Gasteiger partial charge is 0.0856 e. The van der Waals surface area contributed by atoms with Crippen LogP contribution in [0.1, 0.15) is 65.7 Å². The highest BCUT2D eigenvalue weighted by molar-refractivity contribution is 14.1. The Labute approximate surface area is 132 Å². The first-order chi connectivity index (χ1) is 8.99. The molecule has 0 aliphatic heterocycles. The molecule has 0 N–H and O–H groups in total. The largest absolute Gasteiger partial charge is 0.370 e. The molecular formula is C17H29IO. The van der Waals surface area contributed by atoms with Gasteiger partial charge >= 0.3 is 0 Å². The summed E-state index contributed by atoms with van der Waals surface area (Å²) < 4.78 is 8.09. The summed E-state index contributed by atoms with van der Waals surface area (Å²) in [6.45, 7) is 7.38. The van der Waals surface area contributed by atoms with Crippen molar-refractivity contribution in [2.24, 2.45) is 23.2 Å². The monoisotopic (exact) mass is 376 g/mol. The predicted molar refractivity (Wildman–Crippen MR) is 88.7 cm³/mol. The Bertz CT molecular complexity index is 340. The molecule has 5 unspecified atom stereocenters. The van der Waals surface area contributed by atoms with E-state index < -0.39 is 0 Å². The number of rotatable bonds is 3. The molecule has 1 nitrogen and oxygen atoms in total. The van der Waals surface area contributed by atoms with Gasteiger partial charge in [0.25, 0.3) is 0 Å². The number of halogens is 1. The Balaban J connectivity index is 1.79. The van der Waals surface area contributed by atoms with E-state index in [1.807, 2.05) is 0 Å². The third-order valence-electron chi connectivity index (χ3n) is 6.67. The molecule has 5 atom stereocenters. The van der Waals surface area contributed by atoms with Crippen molar-refractivity contribution in [2.45, 2.75) is 77.4 Å². The van der Waals surface area contributed by atoms with Crippen LogP contribution in [-0.4, -0.2) is 16.1 Å². The lowest BCUT2D eigenvalue weighted by Crippen LogP contribution is -2.55. The van der Waals surface area contributed by atoms with Crippen LogP contribution in [0.4, 0.5) is 0 Å². The van der Waals surface area contributed by atoms with Gasteiger partial charge in [-0.15, -0.1) is 0 Å². The normalized spacial score (nSPS) is 48.6. The predicted octanol–water partition coefficient (Wildman–Crippen LogP) is 5.21. The molecule has 3 aliphatic rings. The molecule has 3 rings (SSSR count). The van der Waals surface area contributed by atoms with Crippen molar-refractivity contribution in [1.29, 1.82) is 0 Å². The van der Waals surface area contributed by atoms with Gasteiger partial charge in [0.05, 0.1) is 11.7 Å². The molecule has 0 aromatic rings. The molecule has 3 fully saturated rings. The van der Waals surface area contributed by atoms with Crippen molar-refractivity contribution in [3.05, 3.63) is 0 Å². The Morgan fingerprint density at radius 2 is 1.79 bits per heavy atom. The minimum absolute atomic E-state index is 0.179. The van der Waals surface area contributed by atoms with Crippen LogP contribution < -0.4 is 0 Å². The molecule has 0 saturated heterocycles. The van der Waals surface area contributed by atoms with Crippen molar-refractivity contribution in [3.63, 3.8) is 0 Å². The van der Waals surface area contributed by atoms with Gasteiger partial charge in [-0.3, -0.25) is 0 Å². The van der Waals surface area contributed by atoms with E-state index >= 15 is 0 Å². The molecule has 0 aromatic carbocycles. The second-order valence-corrected chi connectivity index (χ2v) is 8.73. The number of ether oxygens (including phenoxy) is 1. The first-order valence-electron chi connectivity index (χ1n) is 8.23. The van der Waals surface area contributed by atoms with E-state index in [0.29, 0.717) is 11.5 Å². The molecule has 0 heterocycles. The summed E-state index contributed by atoms with van der Waals surface area (Å²) in [7, 11) is 0. The summed E-state index contributed by atoms with van der Waals surface area (Å²) >= 11 is 2.60. The van der Waals surface area contributed by atoms with E-state index in [4.69, 9.17) is 4.74 Å². The fourth-order valence-electron chi connectivity index (χ4n) is 5.28. The van der Waals surface area contributed by atoms with Crippen LogP contribution in [0, 0.1) is 23.2 Å². The van der Waals surface area contributed by atoms with Crippen LogP contribution in [0.3, 0.4) is 0 Å². The number of fused-ring (bicyclic) bond motifs is 2. The fourth-order valence-corrected chi connectivity index (χ4v) is 7.06. The first-order valence-corrected chi connectivity index (χ1v) is 9.76. The zero-order valence-corrected chi connectivity index (χ0v) is 14.9. The van der Waals surface area contributed by atoms with Gasteiger partial charge in [0.15, 0.2) is 0 Å². The molecule has 0 aromatic heterocycles. The van der Waals surface area contributed by atoms with Crippen molar-refractivity contribution in [3.8, 4) is 0 Å². The molecule has 110 valence electrons. The fraction of sp³-hybridized carbons (Fsp3) is 1.00. The highest BCUT2D eigenvalue weighted by Crippen LogP contribution is 2.64. The van der Waals surface area contributed by atoms with Crippen molar-refractivity contribution in [2.75, 3.05) is 4.43 Å². The van der Waals surface area contributed by atoms with Gasteiger partial charge in [0.1, 0.15) is 0 Å².